The maximum absolute atomic E-state index is 12.9. The molecule has 1 amide bonds. The molecular formula is C20H24N4O3. The minimum absolute atomic E-state index is 0.00751. The molecule has 0 N–H and O–H groups in total. The second-order valence-electron chi connectivity index (χ2n) is 6.91. The fraction of sp³-hybridized carbons (Fsp3) is 0.450. The average Bonchev–Trinajstić information content (AvgIpc) is 3.20. The zero-order valence-electron chi connectivity index (χ0n) is 15.8. The summed E-state index contributed by atoms with van der Waals surface area (Å²) in [5, 5.41) is 8.76. The summed E-state index contributed by atoms with van der Waals surface area (Å²) in [6.45, 7) is 2.80. The van der Waals surface area contributed by atoms with E-state index in [0.29, 0.717) is 30.2 Å². The number of rotatable bonds is 4. The number of nitrogens with zero attached hydrogens (tertiary/aromatic N) is 4. The summed E-state index contributed by atoms with van der Waals surface area (Å²) in [6.07, 6.45) is 3.29. The summed E-state index contributed by atoms with van der Waals surface area (Å²) in [4.78, 5) is 17.0. The monoisotopic (exact) mass is 368 g/mol. The predicted octanol–water partition coefficient (Wildman–Crippen LogP) is 1.94. The van der Waals surface area contributed by atoms with Crippen molar-refractivity contribution in [3.8, 4) is 11.5 Å². The molecule has 7 nitrogen and oxygen atoms in total. The number of hydrogen-bond acceptors (Lipinski definition) is 6. The van der Waals surface area contributed by atoms with Gasteiger partial charge < -0.3 is 19.3 Å². The van der Waals surface area contributed by atoms with Crippen LogP contribution in [0, 0.1) is 0 Å². The highest BCUT2D eigenvalue weighted by Gasteiger charge is 2.25. The summed E-state index contributed by atoms with van der Waals surface area (Å²) in [6, 6.07) is 7.44. The molecule has 4 rings (SSSR count). The Morgan fingerprint density at radius 1 is 0.926 bits per heavy atom. The summed E-state index contributed by atoms with van der Waals surface area (Å²) < 4.78 is 10.5. The molecule has 0 spiro atoms. The van der Waals surface area contributed by atoms with Gasteiger partial charge in [-0.1, -0.05) is 0 Å². The van der Waals surface area contributed by atoms with Gasteiger partial charge in [-0.15, -0.1) is 5.10 Å². The summed E-state index contributed by atoms with van der Waals surface area (Å²) in [5.41, 5.74) is 3.04. The fourth-order valence-electron chi connectivity index (χ4n) is 3.72. The van der Waals surface area contributed by atoms with Gasteiger partial charge in [-0.05, 0) is 43.0 Å². The van der Waals surface area contributed by atoms with E-state index in [2.05, 4.69) is 21.2 Å². The number of aryl methyl sites for hydroxylation is 2. The van der Waals surface area contributed by atoms with Crippen LogP contribution in [-0.2, 0) is 12.8 Å². The third kappa shape index (κ3) is 3.54. The lowest BCUT2D eigenvalue weighted by molar-refractivity contribution is 0.0745. The van der Waals surface area contributed by atoms with Crippen molar-refractivity contribution in [2.45, 2.75) is 19.3 Å². The summed E-state index contributed by atoms with van der Waals surface area (Å²) >= 11 is 0. The van der Waals surface area contributed by atoms with Crippen molar-refractivity contribution in [3.63, 3.8) is 0 Å². The minimum atomic E-state index is -0.00751. The van der Waals surface area contributed by atoms with Crippen molar-refractivity contribution in [2.75, 3.05) is 45.3 Å². The second kappa shape index (κ2) is 7.42. The standard InChI is InChI=1S/C20H24N4O3/c1-26-16-10-15(11-17(13-16)27-2)20(25)24-8-6-23(7-9-24)19-12-14-4-3-5-18(14)21-22-19/h10-13H,3-9H2,1-2H3. The molecule has 1 aliphatic carbocycles. The van der Waals surface area contributed by atoms with E-state index in [1.807, 2.05) is 4.90 Å². The van der Waals surface area contributed by atoms with E-state index in [-0.39, 0.29) is 5.91 Å². The molecule has 1 saturated heterocycles. The van der Waals surface area contributed by atoms with Crippen LogP contribution in [0.3, 0.4) is 0 Å². The average molecular weight is 368 g/mol. The van der Waals surface area contributed by atoms with E-state index in [1.54, 1.807) is 32.4 Å². The molecule has 1 fully saturated rings. The fourth-order valence-corrected chi connectivity index (χ4v) is 3.72. The lowest BCUT2D eigenvalue weighted by Gasteiger charge is -2.35. The number of piperazine rings is 1. The maximum Gasteiger partial charge on any atom is 0.254 e. The van der Waals surface area contributed by atoms with Crippen LogP contribution in [0.15, 0.2) is 24.3 Å². The zero-order chi connectivity index (χ0) is 18.8. The predicted molar refractivity (Wildman–Crippen MR) is 102 cm³/mol. The van der Waals surface area contributed by atoms with Gasteiger partial charge in [0.2, 0.25) is 0 Å². The van der Waals surface area contributed by atoms with E-state index >= 15 is 0 Å². The van der Waals surface area contributed by atoms with Gasteiger partial charge in [0, 0.05) is 37.8 Å². The molecule has 27 heavy (non-hydrogen) atoms. The van der Waals surface area contributed by atoms with E-state index in [1.165, 1.54) is 12.0 Å². The van der Waals surface area contributed by atoms with Crippen molar-refractivity contribution in [1.82, 2.24) is 15.1 Å². The molecule has 2 aromatic rings. The molecule has 1 aliphatic heterocycles. The van der Waals surface area contributed by atoms with Gasteiger partial charge in [-0.25, -0.2) is 0 Å². The Bertz CT molecular complexity index is 825. The van der Waals surface area contributed by atoms with Crippen molar-refractivity contribution in [3.05, 3.63) is 41.1 Å². The normalized spacial score (nSPS) is 16.2. The van der Waals surface area contributed by atoms with E-state index in [9.17, 15) is 4.79 Å². The van der Waals surface area contributed by atoms with E-state index < -0.39 is 0 Å². The van der Waals surface area contributed by atoms with Crippen molar-refractivity contribution in [1.29, 1.82) is 0 Å². The number of carbonyl (C=O) groups is 1. The van der Waals surface area contributed by atoms with Crippen LogP contribution in [0.2, 0.25) is 0 Å². The third-order valence-electron chi connectivity index (χ3n) is 5.30. The van der Waals surface area contributed by atoms with E-state index in [4.69, 9.17) is 9.47 Å². The second-order valence-corrected chi connectivity index (χ2v) is 6.91. The number of ether oxygens (including phenoxy) is 2. The third-order valence-corrected chi connectivity index (χ3v) is 5.30. The number of amides is 1. The Labute approximate surface area is 158 Å². The zero-order valence-corrected chi connectivity index (χ0v) is 15.8. The first-order valence-corrected chi connectivity index (χ1v) is 9.30. The number of benzene rings is 1. The number of fused-ring (bicyclic) bond motifs is 1. The molecule has 0 radical (unpaired) electrons. The summed E-state index contributed by atoms with van der Waals surface area (Å²) in [7, 11) is 3.17. The van der Waals surface area contributed by atoms with Crippen LogP contribution in [0.4, 0.5) is 5.82 Å². The molecule has 2 heterocycles. The van der Waals surface area contributed by atoms with Crippen LogP contribution >= 0.6 is 0 Å². The van der Waals surface area contributed by atoms with Gasteiger partial charge in [-0.2, -0.15) is 5.10 Å². The highest BCUT2D eigenvalue weighted by atomic mass is 16.5. The Morgan fingerprint density at radius 3 is 2.30 bits per heavy atom. The van der Waals surface area contributed by atoms with Crippen molar-refractivity contribution >= 4 is 11.7 Å². The molecule has 0 saturated carbocycles. The Hall–Kier alpha value is -2.83. The van der Waals surface area contributed by atoms with Crippen LogP contribution in [-0.4, -0.2) is 61.4 Å². The van der Waals surface area contributed by atoms with Gasteiger partial charge in [-0.3, -0.25) is 4.79 Å². The first kappa shape index (κ1) is 17.6. The van der Waals surface area contributed by atoms with Crippen molar-refractivity contribution in [2.24, 2.45) is 0 Å². The Kier molecular flexibility index (Phi) is 4.83. The number of carbonyl (C=O) groups excluding carboxylic acids is 1. The maximum atomic E-state index is 12.9. The van der Waals surface area contributed by atoms with Crippen LogP contribution in [0.1, 0.15) is 28.0 Å². The number of aromatic nitrogens is 2. The lowest BCUT2D eigenvalue weighted by atomic mass is 10.1. The highest BCUT2D eigenvalue weighted by Crippen LogP contribution is 2.25. The Morgan fingerprint density at radius 2 is 1.63 bits per heavy atom. The van der Waals surface area contributed by atoms with Gasteiger partial charge in [0.05, 0.1) is 19.9 Å². The molecule has 2 aliphatic rings. The van der Waals surface area contributed by atoms with E-state index in [0.717, 1.165) is 37.4 Å². The lowest BCUT2D eigenvalue weighted by Crippen LogP contribution is -2.49. The molecule has 0 unspecified atom stereocenters. The molecule has 1 aromatic carbocycles. The first-order valence-electron chi connectivity index (χ1n) is 9.30. The molecule has 142 valence electrons. The molecule has 7 heteroatoms. The minimum Gasteiger partial charge on any atom is -0.497 e. The number of hydrogen-bond donors (Lipinski definition) is 0. The molecule has 0 atom stereocenters. The van der Waals surface area contributed by atoms with Crippen LogP contribution in [0.5, 0.6) is 11.5 Å². The summed E-state index contributed by atoms with van der Waals surface area (Å²) in [5.74, 6) is 2.15. The SMILES string of the molecule is COc1cc(OC)cc(C(=O)N2CCN(c3cc4c(nn3)CCC4)CC2)c1. The van der Waals surface area contributed by atoms with Gasteiger partial charge >= 0.3 is 0 Å². The molecule has 1 aromatic heterocycles. The number of anilines is 1. The molecule has 0 bridgehead atoms. The molecular weight excluding hydrogens is 344 g/mol. The highest BCUT2D eigenvalue weighted by molar-refractivity contribution is 5.95. The quantitative estimate of drug-likeness (QED) is 0.822. The number of methoxy groups -OCH3 is 2. The largest absolute Gasteiger partial charge is 0.497 e. The van der Waals surface area contributed by atoms with Gasteiger partial charge in [0.1, 0.15) is 11.5 Å². The van der Waals surface area contributed by atoms with Gasteiger partial charge in [0.15, 0.2) is 5.82 Å². The van der Waals surface area contributed by atoms with Crippen LogP contribution in [0.25, 0.3) is 0 Å². The van der Waals surface area contributed by atoms with Crippen LogP contribution < -0.4 is 14.4 Å². The Balaban J connectivity index is 1.44. The first-order chi connectivity index (χ1) is 13.2. The van der Waals surface area contributed by atoms with Gasteiger partial charge in [0.25, 0.3) is 5.91 Å². The smallest absolute Gasteiger partial charge is 0.254 e. The topological polar surface area (TPSA) is 67.8 Å². The van der Waals surface area contributed by atoms with Crippen molar-refractivity contribution < 1.29 is 14.3 Å².